The summed E-state index contributed by atoms with van der Waals surface area (Å²) in [5.41, 5.74) is 0.464. The first kappa shape index (κ1) is 39.2. The van der Waals surface area contributed by atoms with Crippen molar-refractivity contribution in [1.82, 2.24) is 0 Å². The Kier molecular flexibility index (Phi) is 25.2. The number of rotatable bonds is 28. The molecule has 1 aromatic carbocycles. The zero-order chi connectivity index (χ0) is 31.3. The summed E-state index contributed by atoms with van der Waals surface area (Å²) in [6, 6.07) is 9.79. The second-order valence-electron chi connectivity index (χ2n) is 11.1. The third-order valence-electron chi connectivity index (χ3n) is 5.99. The van der Waals surface area contributed by atoms with Gasteiger partial charge in [0.25, 0.3) is 0 Å². The summed E-state index contributed by atoms with van der Waals surface area (Å²) >= 11 is 1.67. The summed E-state index contributed by atoms with van der Waals surface area (Å²) in [5, 5.41) is 0. The maximum Gasteiger partial charge on any atom is 0.508 e. The smallest absolute Gasteiger partial charge is 0.460 e. The Bertz CT molecular complexity index is 786. The first-order chi connectivity index (χ1) is 20.9. The third kappa shape index (κ3) is 28.7. The lowest BCUT2D eigenvalue weighted by Crippen LogP contribution is -2.25. The molecule has 0 saturated heterocycles. The second-order valence-corrected chi connectivity index (χ2v) is 12.2. The van der Waals surface area contributed by atoms with Crippen LogP contribution in [0.4, 0.5) is 4.79 Å². The van der Waals surface area contributed by atoms with Crippen LogP contribution in [-0.4, -0.2) is 88.7 Å². The zero-order valence-electron chi connectivity index (χ0n) is 26.8. The number of thioether (sulfide) groups is 1. The predicted octanol–water partition coefficient (Wildman–Crippen LogP) is 6.99. The van der Waals surface area contributed by atoms with Gasteiger partial charge >= 0.3 is 12.1 Å². The summed E-state index contributed by atoms with van der Waals surface area (Å²) in [5.74, 6) is 1.33. The first-order valence-corrected chi connectivity index (χ1v) is 17.0. The van der Waals surface area contributed by atoms with E-state index in [-0.39, 0.29) is 12.6 Å². The molecule has 43 heavy (non-hydrogen) atoms. The molecule has 1 rings (SSSR count). The second kappa shape index (κ2) is 27.7. The third-order valence-corrected chi connectivity index (χ3v) is 7.01. The van der Waals surface area contributed by atoms with Crippen LogP contribution in [-0.2, 0) is 44.6 Å². The maximum atomic E-state index is 11.8. The molecule has 0 aromatic heterocycles. The van der Waals surface area contributed by atoms with E-state index in [9.17, 15) is 9.59 Å². The first-order valence-electron chi connectivity index (χ1n) is 15.8. The molecule has 0 aliphatic rings. The lowest BCUT2D eigenvalue weighted by molar-refractivity contribution is -0.141. The Hall–Kier alpha value is -1.85. The van der Waals surface area contributed by atoms with E-state index in [2.05, 4.69) is 0 Å². The number of hydrogen-bond donors (Lipinski definition) is 0. The van der Waals surface area contributed by atoms with Gasteiger partial charge in [0.05, 0.1) is 52.0 Å². The van der Waals surface area contributed by atoms with Gasteiger partial charge in [0, 0.05) is 6.61 Å². The van der Waals surface area contributed by atoms with Crippen LogP contribution < -0.4 is 0 Å². The molecule has 9 nitrogen and oxygen atoms in total. The van der Waals surface area contributed by atoms with Crippen LogP contribution in [0, 0.1) is 0 Å². The average Bonchev–Trinajstić information content (AvgIpc) is 2.97. The highest BCUT2D eigenvalue weighted by molar-refractivity contribution is 7.99. The van der Waals surface area contributed by atoms with E-state index in [1.54, 1.807) is 32.5 Å². The number of unbranched alkanes of at least 4 members (excludes halogenated alkanes) is 8. The van der Waals surface area contributed by atoms with Gasteiger partial charge in [-0.3, -0.25) is 4.79 Å². The molecule has 0 amide bonds. The van der Waals surface area contributed by atoms with Crippen LogP contribution in [0.2, 0.25) is 0 Å². The van der Waals surface area contributed by atoms with Gasteiger partial charge in [0.1, 0.15) is 18.8 Å². The topological polar surface area (TPSA) is 98.8 Å². The number of hydrogen-bond acceptors (Lipinski definition) is 10. The summed E-state index contributed by atoms with van der Waals surface area (Å²) in [6.45, 7) is 10.0. The van der Waals surface area contributed by atoms with Gasteiger partial charge in [-0.1, -0.05) is 75.3 Å². The molecule has 0 N–H and O–H groups in total. The van der Waals surface area contributed by atoms with Crippen molar-refractivity contribution in [2.45, 2.75) is 90.8 Å². The molecular weight excluding hydrogens is 572 g/mol. The molecule has 1 aromatic rings. The van der Waals surface area contributed by atoms with Crippen LogP contribution in [0.1, 0.15) is 84.1 Å². The monoisotopic (exact) mass is 628 g/mol. The van der Waals surface area contributed by atoms with E-state index in [0.717, 1.165) is 30.8 Å². The van der Waals surface area contributed by atoms with Gasteiger partial charge in [-0.25, -0.2) is 4.79 Å². The Labute approximate surface area is 264 Å². The molecule has 0 bridgehead atoms. The van der Waals surface area contributed by atoms with E-state index >= 15 is 0 Å². The molecule has 10 heteroatoms. The number of benzene rings is 1. The van der Waals surface area contributed by atoms with Crippen molar-refractivity contribution < 1.29 is 42.7 Å². The highest BCUT2D eigenvalue weighted by Gasteiger charge is 2.17. The number of carbonyl (C=O) groups excluding carboxylic acids is 2. The number of ether oxygens (including phenoxy) is 7. The molecular formula is C33H56O9S. The van der Waals surface area contributed by atoms with Gasteiger partial charge in [-0.15, -0.1) is 0 Å². The summed E-state index contributed by atoms with van der Waals surface area (Å²) in [7, 11) is 0. The highest BCUT2D eigenvalue weighted by atomic mass is 32.2. The molecule has 0 heterocycles. The molecule has 0 saturated carbocycles. The molecule has 0 aliphatic heterocycles. The summed E-state index contributed by atoms with van der Waals surface area (Å²) in [4.78, 5) is 23.2. The van der Waals surface area contributed by atoms with Crippen LogP contribution in [0.5, 0.6) is 0 Å². The van der Waals surface area contributed by atoms with Crippen LogP contribution in [0.3, 0.4) is 0 Å². The minimum atomic E-state index is -0.688. The molecule has 0 spiro atoms. The fraction of sp³-hybridized carbons (Fsp3) is 0.758. The average molecular weight is 629 g/mol. The normalized spacial score (nSPS) is 11.4. The summed E-state index contributed by atoms with van der Waals surface area (Å²) in [6.07, 6.45) is 10.4. The van der Waals surface area contributed by atoms with Crippen molar-refractivity contribution in [2.24, 2.45) is 0 Å². The lowest BCUT2D eigenvalue weighted by atomic mass is 10.1. The quantitative estimate of drug-likeness (QED) is 0.0713. The Morgan fingerprint density at radius 3 is 1.65 bits per heavy atom. The van der Waals surface area contributed by atoms with E-state index in [4.69, 9.17) is 33.2 Å². The Balaban J connectivity index is 1.68. The molecule has 0 fully saturated rings. The standard InChI is InChI=1S/C33H56O9S/c1-33(2,3)42-32(35)40-26-25-39-24-23-38-22-21-37-20-19-36-18-14-9-7-5-4-6-8-10-15-27-43-29-31(34)41-28-30-16-12-11-13-17-30/h11-13,16-17H,4-10,14-15,18-29H2,1-3H3. The van der Waals surface area contributed by atoms with Crippen molar-refractivity contribution in [2.75, 3.05) is 71.0 Å². The largest absolute Gasteiger partial charge is 0.508 e. The van der Waals surface area contributed by atoms with Gasteiger partial charge < -0.3 is 33.2 Å². The van der Waals surface area contributed by atoms with Crippen LogP contribution >= 0.6 is 11.8 Å². The fourth-order valence-corrected chi connectivity index (χ4v) is 4.61. The lowest BCUT2D eigenvalue weighted by Gasteiger charge is -2.18. The van der Waals surface area contributed by atoms with E-state index < -0.39 is 11.8 Å². The van der Waals surface area contributed by atoms with Crippen molar-refractivity contribution in [3.05, 3.63) is 35.9 Å². The molecule has 0 aliphatic carbocycles. The van der Waals surface area contributed by atoms with Crippen molar-refractivity contribution >= 4 is 23.9 Å². The minimum absolute atomic E-state index is 0.129. The molecule has 0 atom stereocenters. The van der Waals surface area contributed by atoms with Gasteiger partial charge in [-0.05, 0) is 44.9 Å². The molecule has 248 valence electrons. The minimum Gasteiger partial charge on any atom is -0.460 e. The van der Waals surface area contributed by atoms with Crippen LogP contribution in [0.15, 0.2) is 30.3 Å². The molecule has 0 unspecified atom stereocenters. The van der Waals surface area contributed by atoms with Gasteiger partial charge in [-0.2, -0.15) is 11.8 Å². The zero-order valence-corrected chi connectivity index (χ0v) is 27.6. The van der Waals surface area contributed by atoms with Crippen LogP contribution in [0.25, 0.3) is 0 Å². The Morgan fingerprint density at radius 1 is 0.605 bits per heavy atom. The van der Waals surface area contributed by atoms with Crippen molar-refractivity contribution in [3.8, 4) is 0 Å². The van der Waals surface area contributed by atoms with Gasteiger partial charge in [0.2, 0.25) is 0 Å². The molecule has 0 radical (unpaired) electrons. The van der Waals surface area contributed by atoms with Crippen molar-refractivity contribution in [3.63, 3.8) is 0 Å². The predicted molar refractivity (Wildman–Crippen MR) is 171 cm³/mol. The van der Waals surface area contributed by atoms with E-state index in [1.807, 2.05) is 30.3 Å². The maximum absolute atomic E-state index is 11.8. The van der Waals surface area contributed by atoms with Gasteiger partial charge in [0.15, 0.2) is 0 Å². The fourth-order valence-electron chi connectivity index (χ4n) is 3.81. The summed E-state index contributed by atoms with van der Waals surface area (Å²) < 4.78 is 37.2. The number of esters is 1. The van der Waals surface area contributed by atoms with E-state index in [0.29, 0.717) is 58.6 Å². The van der Waals surface area contributed by atoms with Crippen molar-refractivity contribution in [1.29, 1.82) is 0 Å². The Morgan fingerprint density at radius 2 is 1.09 bits per heavy atom. The van der Waals surface area contributed by atoms with E-state index in [1.165, 1.54) is 44.9 Å². The highest BCUT2D eigenvalue weighted by Crippen LogP contribution is 2.13. The SMILES string of the molecule is CC(C)(C)OC(=O)OCCOCCOCCOCCOCCCCCCCCCCCSCC(=O)OCc1ccccc1. The number of carbonyl (C=O) groups is 2.